The van der Waals surface area contributed by atoms with Gasteiger partial charge in [0.05, 0.1) is 5.56 Å². The van der Waals surface area contributed by atoms with Gasteiger partial charge in [0, 0.05) is 44.0 Å². The standard InChI is InChI=1S/C31H35F3N4O3/c1-21(39)37-30-19-28(8-9-35-30)41-27-7-6-23-5-4-22(14-24(23)15-27)20-36-26-16-25(31(32,33)34)17-29(18-26)40-13-12-38-10-2-3-11-38/h6-9,15-19,22,36H,2-5,10-14,20H2,1H3,(H,35,37,39). The van der Waals surface area contributed by atoms with Crippen molar-refractivity contribution in [2.45, 2.75) is 45.2 Å². The number of alkyl halides is 3. The molecule has 1 atom stereocenters. The second-order valence-electron chi connectivity index (χ2n) is 10.7. The maximum Gasteiger partial charge on any atom is 0.416 e. The van der Waals surface area contributed by atoms with Crippen molar-refractivity contribution < 1.29 is 27.4 Å². The Morgan fingerprint density at radius 3 is 2.61 bits per heavy atom. The van der Waals surface area contributed by atoms with Gasteiger partial charge < -0.3 is 20.1 Å². The molecule has 1 amide bonds. The van der Waals surface area contributed by atoms with Crippen LogP contribution in [0.15, 0.2) is 54.7 Å². The first-order valence-corrected chi connectivity index (χ1v) is 14.1. The van der Waals surface area contributed by atoms with Crippen LogP contribution in [-0.2, 0) is 23.8 Å². The van der Waals surface area contributed by atoms with Crippen LogP contribution in [0.4, 0.5) is 24.7 Å². The number of ether oxygens (including phenoxy) is 2. The Morgan fingerprint density at radius 1 is 1.02 bits per heavy atom. The molecule has 2 N–H and O–H groups in total. The van der Waals surface area contributed by atoms with Crippen LogP contribution in [-0.4, -0.2) is 48.6 Å². The lowest BCUT2D eigenvalue weighted by Gasteiger charge is -2.26. The summed E-state index contributed by atoms with van der Waals surface area (Å²) in [6, 6.07) is 13.3. The lowest BCUT2D eigenvalue weighted by Crippen LogP contribution is -2.25. The maximum atomic E-state index is 13.6. The molecule has 0 spiro atoms. The van der Waals surface area contributed by atoms with Crippen LogP contribution in [0.1, 0.15) is 42.9 Å². The van der Waals surface area contributed by atoms with Crippen molar-refractivity contribution in [2.24, 2.45) is 5.92 Å². The van der Waals surface area contributed by atoms with Gasteiger partial charge in [-0.15, -0.1) is 0 Å². The van der Waals surface area contributed by atoms with Crippen LogP contribution >= 0.6 is 0 Å². The van der Waals surface area contributed by atoms with Crippen LogP contribution in [0.25, 0.3) is 0 Å². The van der Waals surface area contributed by atoms with Gasteiger partial charge in [-0.3, -0.25) is 9.69 Å². The van der Waals surface area contributed by atoms with E-state index >= 15 is 0 Å². The van der Waals surface area contributed by atoms with E-state index in [1.807, 2.05) is 12.1 Å². The van der Waals surface area contributed by atoms with Crippen LogP contribution in [0.5, 0.6) is 17.2 Å². The number of halogens is 3. The topological polar surface area (TPSA) is 75.7 Å². The molecule has 1 saturated heterocycles. The largest absolute Gasteiger partial charge is 0.492 e. The molecule has 3 aromatic rings. The number of nitrogens with zero attached hydrogens (tertiary/aromatic N) is 2. The molecule has 1 aliphatic heterocycles. The quantitative estimate of drug-likeness (QED) is 0.289. The molecular weight excluding hydrogens is 533 g/mol. The zero-order valence-electron chi connectivity index (χ0n) is 23.1. The fraction of sp³-hybridized carbons (Fsp3) is 0.419. The van der Waals surface area contributed by atoms with Gasteiger partial charge in [-0.1, -0.05) is 6.07 Å². The zero-order chi connectivity index (χ0) is 28.8. The molecule has 2 aromatic carbocycles. The van der Waals surface area contributed by atoms with E-state index in [0.29, 0.717) is 42.7 Å². The Bertz CT molecular complexity index is 1360. The first kappa shape index (κ1) is 28.7. The summed E-state index contributed by atoms with van der Waals surface area (Å²) < 4.78 is 52.6. The summed E-state index contributed by atoms with van der Waals surface area (Å²) in [5.74, 6) is 1.91. The van der Waals surface area contributed by atoms with Gasteiger partial charge in [0.1, 0.15) is 29.7 Å². The molecule has 2 aliphatic rings. The van der Waals surface area contributed by atoms with Gasteiger partial charge in [-0.05, 0) is 92.6 Å². The van der Waals surface area contributed by atoms with Crippen molar-refractivity contribution in [2.75, 3.05) is 43.4 Å². The van der Waals surface area contributed by atoms with E-state index in [4.69, 9.17) is 9.47 Å². The van der Waals surface area contributed by atoms with Gasteiger partial charge in [-0.25, -0.2) is 4.98 Å². The number of likely N-dealkylation sites (tertiary alicyclic amines) is 1. The Balaban J connectivity index is 1.21. The maximum absolute atomic E-state index is 13.6. The number of aryl methyl sites for hydroxylation is 1. The van der Waals surface area contributed by atoms with Crippen molar-refractivity contribution in [1.82, 2.24) is 9.88 Å². The van der Waals surface area contributed by atoms with E-state index in [0.717, 1.165) is 62.9 Å². The number of carbonyl (C=O) groups excluding carboxylic acids is 1. The molecule has 7 nitrogen and oxygen atoms in total. The summed E-state index contributed by atoms with van der Waals surface area (Å²) >= 11 is 0. The van der Waals surface area contributed by atoms with Crippen molar-refractivity contribution in [3.8, 4) is 17.2 Å². The van der Waals surface area contributed by atoms with Crippen molar-refractivity contribution in [3.63, 3.8) is 0 Å². The molecule has 10 heteroatoms. The number of hydrogen-bond acceptors (Lipinski definition) is 6. The SMILES string of the molecule is CC(=O)Nc1cc(Oc2ccc3c(c2)CC(CNc2cc(OCCN4CCCC4)cc(C(F)(F)F)c2)CC3)ccn1. The third kappa shape index (κ3) is 8.13. The summed E-state index contributed by atoms with van der Waals surface area (Å²) in [5.41, 5.74) is 2.10. The average molecular weight is 569 g/mol. The van der Waals surface area contributed by atoms with E-state index in [2.05, 4.69) is 26.6 Å². The molecule has 0 saturated carbocycles. The van der Waals surface area contributed by atoms with Crippen LogP contribution < -0.4 is 20.1 Å². The average Bonchev–Trinajstić information content (AvgIpc) is 3.45. The van der Waals surface area contributed by atoms with Gasteiger partial charge in [-0.2, -0.15) is 13.2 Å². The number of anilines is 2. The minimum atomic E-state index is -4.46. The highest BCUT2D eigenvalue weighted by atomic mass is 19.4. The zero-order valence-corrected chi connectivity index (χ0v) is 23.1. The third-order valence-corrected chi connectivity index (χ3v) is 7.48. The number of carbonyl (C=O) groups is 1. The smallest absolute Gasteiger partial charge is 0.416 e. The summed E-state index contributed by atoms with van der Waals surface area (Å²) in [4.78, 5) is 17.7. The van der Waals surface area contributed by atoms with Crippen molar-refractivity contribution in [3.05, 3.63) is 71.4 Å². The van der Waals surface area contributed by atoms with E-state index in [-0.39, 0.29) is 17.6 Å². The number of nitrogens with one attached hydrogen (secondary N) is 2. The summed E-state index contributed by atoms with van der Waals surface area (Å²) in [5, 5.41) is 5.88. The molecule has 1 aliphatic carbocycles. The highest BCUT2D eigenvalue weighted by molar-refractivity contribution is 5.87. The monoisotopic (exact) mass is 568 g/mol. The molecule has 2 heterocycles. The van der Waals surface area contributed by atoms with Gasteiger partial charge >= 0.3 is 6.18 Å². The second-order valence-corrected chi connectivity index (χ2v) is 10.7. The Kier molecular flexibility index (Phi) is 8.97. The molecule has 1 aromatic heterocycles. The highest BCUT2D eigenvalue weighted by Crippen LogP contribution is 2.35. The second kappa shape index (κ2) is 12.8. The number of aromatic nitrogens is 1. The van der Waals surface area contributed by atoms with Crippen molar-refractivity contribution in [1.29, 1.82) is 0 Å². The Labute approximate surface area is 238 Å². The summed E-state index contributed by atoms with van der Waals surface area (Å²) in [6.45, 7) is 5.06. The lowest BCUT2D eigenvalue weighted by molar-refractivity contribution is -0.137. The fourth-order valence-electron chi connectivity index (χ4n) is 5.42. The number of benzene rings is 2. The number of fused-ring (bicyclic) bond motifs is 1. The minimum absolute atomic E-state index is 0.213. The third-order valence-electron chi connectivity index (χ3n) is 7.48. The predicted molar refractivity (Wildman–Crippen MR) is 152 cm³/mol. The highest BCUT2D eigenvalue weighted by Gasteiger charge is 2.31. The fourth-order valence-corrected chi connectivity index (χ4v) is 5.42. The molecule has 41 heavy (non-hydrogen) atoms. The first-order chi connectivity index (χ1) is 19.7. The van der Waals surface area contributed by atoms with Crippen LogP contribution in [0, 0.1) is 5.92 Å². The van der Waals surface area contributed by atoms with E-state index in [9.17, 15) is 18.0 Å². The number of rotatable bonds is 10. The minimum Gasteiger partial charge on any atom is -0.492 e. The number of hydrogen-bond donors (Lipinski definition) is 2. The predicted octanol–water partition coefficient (Wildman–Crippen LogP) is 6.54. The molecule has 1 unspecified atom stereocenters. The molecule has 218 valence electrons. The van der Waals surface area contributed by atoms with Crippen LogP contribution in [0.2, 0.25) is 0 Å². The lowest BCUT2D eigenvalue weighted by atomic mass is 9.83. The number of pyridine rings is 1. The van der Waals surface area contributed by atoms with Gasteiger partial charge in [0.15, 0.2) is 0 Å². The van der Waals surface area contributed by atoms with Crippen LogP contribution in [0.3, 0.4) is 0 Å². The molecular formula is C31H35F3N4O3. The molecule has 0 bridgehead atoms. The number of amides is 1. The molecule has 1 fully saturated rings. The van der Waals surface area contributed by atoms with E-state index in [1.54, 1.807) is 24.4 Å². The summed E-state index contributed by atoms with van der Waals surface area (Å²) in [6.07, 6.45) is 2.03. The normalized spacial score (nSPS) is 17.1. The van der Waals surface area contributed by atoms with Crippen molar-refractivity contribution >= 4 is 17.4 Å². The van der Waals surface area contributed by atoms with E-state index < -0.39 is 11.7 Å². The Hall–Kier alpha value is -3.79. The van der Waals surface area contributed by atoms with Gasteiger partial charge in [0.2, 0.25) is 5.91 Å². The first-order valence-electron chi connectivity index (χ1n) is 14.1. The molecule has 0 radical (unpaired) electrons. The van der Waals surface area contributed by atoms with E-state index in [1.165, 1.54) is 12.5 Å². The Morgan fingerprint density at radius 2 is 1.83 bits per heavy atom. The molecule has 5 rings (SSSR count). The van der Waals surface area contributed by atoms with Gasteiger partial charge in [0.25, 0.3) is 0 Å². The summed E-state index contributed by atoms with van der Waals surface area (Å²) in [7, 11) is 0.